The van der Waals surface area contributed by atoms with E-state index >= 15 is 0 Å². The molecule has 1 aromatic heterocycles. The lowest BCUT2D eigenvalue weighted by Crippen LogP contribution is -2.42. The van der Waals surface area contributed by atoms with Crippen LogP contribution in [-0.4, -0.2) is 65.1 Å². The molecule has 0 amide bonds. The number of aromatic nitrogens is 2. The summed E-state index contributed by atoms with van der Waals surface area (Å²) >= 11 is 0. The molecule has 5 heteroatoms. The van der Waals surface area contributed by atoms with Gasteiger partial charge in [-0.2, -0.15) is 0 Å². The Hall–Kier alpha value is -2.37. The Bertz CT molecular complexity index is 880. The molecule has 5 rings (SSSR count). The standard InChI is InChI=1S/C24H31N5/c1-2-6-19(7-3-1)20-10-13-29(18-20)17-16-28-14-11-21(12-15-28)25-24-26-22-8-4-5-9-23(22)27-24/h1-9,20-21H,10-18H2,(H2,25,26,27). The van der Waals surface area contributed by atoms with Crippen LogP contribution in [0, 0.1) is 0 Å². The molecule has 2 aromatic carbocycles. The lowest BCUT2D eigenvalue weighted by Gasteiger charge is -2.33. The van der Waals surface area contributed by atoms with E-state index in [1.54, 1.807) is 0 Å². The molecule has 0 saturated carbocycles. The van der Waals surface area contributed by atoms with Crippen molar-refractivity contribution >= 4 is 17.0 Å². The molecule has 3 heterocycles. The molecule has 0 spiro atoms. The Morgan fingerprint density at radius 2 is 1.59 bits per heavy atom. The summed E-state index contributed by atoms with van der Waals surface area (Å²) < 4.78 is 0. The summed E-state index contributed by atoms with van der Waals surface area (Å²) in [5.41, 5.74) is 3.64. The lowest BCUT2D eigenvalue weighted by atomic mass is 9.99. The van der Waals surface area contributed by atoms with Gasteiger partial charge in [-0.1, -0.05) is 42.5 Å². The molecule has 0 aliphatic carbocycles. The van der Waals surface area contributed by atoms with E-state index in [1.807, 2.05) is 12.1 Å². The van der Waals surface area contributed by atoms with Gasteiger partial charge in [0.1, 0.15) is 0 Å². The number of hydrogen-bond donors (Lipinski definition) is 2. The Balaban J connectivity index is 1.05. The van der Waals surface area contributed by atoms with Crippen molar-refractivity contribution in [3.8, 4) is 0 Å². The first-order chi connectivity index (χ1) is 14.3. The average Bonchev–Trinajstić information content (AvgIpc) is 3.40. The van der Waals surface area contributed by atoms with Crippen molar-refractivity contribution in [3.05, 3.63) is 60.2 Å². The number of imidazole rings is 1. The fourth-order valence-electron chi connectivity index (χ4n) is 4.83. The fraction of sp³-hybridized carbons (Fsp3) is 0.458. The van der Waals surface area contributed by atoms with E-state index in [0.29, 0.717) is 6.04 Å². The largest absolute Gasteiger partial charge is 0.353 e. The van der Waals surface area contributed by atoms with E-state index in [-0.39, 0.29) is 0 Å². The van der Waals surface area contributed by atoms with Gasteiger partial charge >= 0.3 is 0 Å². The number of anilines is 1. The van der Waals surface area contributed by atoms with Crippen molar-refractivity contribution in [2.24, 2.45) is 0 Å². The van der Waals surface area contributed by atoms with Crippen molar-refractivity contribution in [2.45, 2.75) is 31.2 Å². The van der Waals surface area contributed by atoms with E-state index in [1.165, 1.54) is 64.1 Å². The maximum Gasteiger partial charge on any atom is 0.201 e. The van der Waals surface area contributed by atoms with Gasteiger partial charge in [-0.05, 0) is 49.4 Å². The maximum absolute atomic E-state index is 4.66. The first-order valence-electron chi connectivity index (χ1n) is 11.0. The highest BCUT2D eigenvalue weighted by molar-refractivity contribution is 5.77. The van der Waals surface area contributed by atoms with Gasteiger partial charge in [0.2, 0.25) is 5.95 Å². The molecular weight excluding hydrogens is 358 g/mol. The molecule has 5 nitrogen and oxygen atoms in total. The number of benzene rings is 2. The number of para-hydroxylation sites is 2. The normalized spacial score (nSPS) is 21.7. The van der Waals surface area contributed by atoms with E-state index in [9.17, 15) is 0 Å². The van der Waals surface area contributed by atoms with Crippen molar-refractivity contribution in [1.82, 2.24) is 19.8 Å². The van der Waals surface area contributed by atoms with Crippen LogP contribution in [0.3, 0.4) is 0 Å². The number of aromatic amines is 1. The number of nitrogens with zero attached hydrogens (tertiary/aromatic N) is 3. The first-order valence-corrected chi connectivity index (χ1v) is 11.0. The summed E-state index contributed by atoms with van der Waals surface area (Å²) in [6, 6.07) is 19.8. The Kier molecular flexibility index (Phi) is 5.50. The highest BCUT2D eigenvalue weighted by Gasteiger charge is 2.25. The molecule has 1 unspecified atom stereocenters. The van der Waals surface area contributed by atoms with Gasteiger partial charge < -0.3 is 20.1 Å². The minimum atomic E-state index is 0.515. The molecule has 3 aromatic rings. The minimum Gasteiger partial charge on any atom is -0.353 e. The molecular formula is C24H31N5. The number of piperidine rings is 1. The molecule has 2 aliphatic rings. The van der Waals surface area contributed by atoms with Crippen LogP contribution < -0.4 is 5.32 Å². The van der Waals surface area contributed by atoms with Gasteiger partial charge in [0.25, 0.3) is 0 Å². The van der Waals surface area contributed by atoms with Crippen molar-refractivity contribution in [2.75, 3.05) is 44.6 Å². The molecule has 0 bridgehead atoms. The van der Waals surface area contributed by atoms with Crippen LogP contribution in [0.15, 0.2) is 54.6 Å². The number of hydrogen-bond acceptors (Lipinski definition) is 4. The van der Waals surface area contributed by atoms with Crippen molar-refractivity contribution in [1.29, 1.82) is 0 Å². The summed E-state index contributed by atoms with van der Waals surface area (Å²) in [7, 11) is 0. The smallest absolute Gasteiger partial charge is 0.201 e. The van der Waals surface area contributed by atoms with Gasteiger partial charge in [-0.15, -0.1) is 0 Å². The molecule has 1 atom stereocenters. The quantitative estimate of drug-likeness (QED) is 0.671. The third kappa shape index (κ3) is 4.46. The highest BCUT2D eigenvalue weighted by Crippen LogP contribution is 2.26. The zero-order chi connectivity index (χ0) is 19.5. The Morgan fingerprint density at radius 3 is 2.41 bits per heavy atom. The molecule has 0 radical (unpaired) electrons. The number of rotatable bonds is 6. The second-order valence-corrected chi connectivity index (χ2v) is 8.56. The third-order valence-electron chi connectivity index (χ3n) is 6.59. The SMILES string of the molecule is c1ccc(C2CCN(CCN3CCC(Nc4nc5ccccc5[nH]4)CC3)C2)cc1. The second-order valence-electron chi connectivity index (χ2n) is 8.56. The molecule has 2 aliphatic heterocycles. The molecule has 29 heavy (non-hydrogen) atoms. The first kappa shape index (κ1) is 18.6. The molecule has 152 valence electrons. The van der Waals surface area contributed by atoms with Crippen molar-refractivity contribution in [3.63, 3.8) is 0 Å². The predicted molar refractivity (Wildman–Crippen MR) is 119 cm³/mol. The van der Waals surface area contributed by atoms with E-state index in [0.717, 1.165) is 22.9 Å². The monoisotopic (exact) mass is 389 g/mol. The van der Waals surface area contributed by atoms with Gasteiger partial charge in [0, 0.05) is 38.8 Å². The summed E-state index contributed by atoms with van der Waals surface area (Å²) in [4.78, 5) is 13.3. The van der Waals surface area contributed by atoms with Crippen LogP contribution in [0.2, 0.25) is 0 Å². The predicted octanol–water partition coefficient (Wildman–Crippen LogP) is 3.93. The van der Waals surface area contributed by atoms with Crippen LogP contribution in [0.5, 0.6) is 0 Å². The number of nitrogens with one attached hydrogen (secondary N) is 2. The summed E-state index contributed by atoms with van der Waals surface area (Å²) in [6.45, 7) is 7.20. The van der Waals surface area contributed by atoms with Crippen LogP contribution in [0.25, 0.3) is 11.0 Å². The van der Waals surface area contributed by atoms with Crippen molar-refractivity contribution < 1.29 is 0 Å². The van der Waals surface area contributed by atoms with E-state index < -0.39 is 0 Å². The lowest BCUT2D eigenvalue weighted by molar-refractivity contribution is 0.189. The Morgan fingerprint density at radius 1 is 0.862 bits per heavy atom. The number of fused-ring (bicyclic) bond motifs is 1. The van der Waals surface area contributed by atoms with Crippen LogP contribution in [-0.2, 0) is 0 Å². The topological polar surface area (TPSA) is 47.2 Å². The van der Waals surface area contributed by atoms with Crippen LogP contribution in [0.1, 0.15) is 30.7 Å². The molecule has 2 fully saturated rings. The van der Waals surface area contributed by atoms with E-state index in [2.05, 4.69) is 67.5 Å². The fourth-order valence-corrected chi connectivity index (χ4v) is 4.83. The summed E-state index contributed by atoms with van der Waals surface area (Å²) in [5.74, 6) is 1.63. The summed E-state index contributed by atoms with van der Waals surface area (Å²) in [6.07, 6.45) is 3.67. The van der Waals surface area contributed by atoms with Crippen LogP contribution >= 0.6 is 0 Å². The average molecular weight is 390 g/mol. The minimum absolute atomic E-state index is 0.515. The van der Waals surface area contributed by atoms with E-state index in [4.69, 9.17) is 0 Å². The zero-order valence-corrected chi connectivity index (χ0v) is 17.1. The Labute approximate surface area is 173 Å². The van der Waals surface area contributed by atoms with Gasteiger partial charge in [-0.3, -0.25) is 0 Å². The molecule has 2 saturated heterocycles. The second kappa shape index (κ2) is 8.56. The number of H-pyrrole nitrogens is 1. The van der Waals surface area contributed by atoms with Gasteiger partial charge in [0.05, 0.1) is 11.0 Å². The van der Waals surface area contributed by atoms with Gasteiger partial charge in [0.15, 0.2) is 0 Å². The third-order valence-corrected chi connectivity index (χ3v) is 6.59. The van der Waals surface area contributed by atoms with Gasteiger partial charge in [-0.25, -0.2) is 4.98 Å². The van der Waals surface area contributed by atoms with Crippen LogP contribution in [0.4, 0.5) is 5.95 Å². The number of likely N-dealkylation sites (tertiary alicyclic amines) is 2. The molecule has 2 N–H and O–H groups in total. The summed E-state index contributed by atoms with van der Waals surface area (Å²) in [5, 5.41) is 3.61. The zero-order valence-electron chi connectivity index (χ0n) is 17.1. The maximum atomic E-state index is 4.66. The highest BCUT2D eigenvalue weighted by atomic mass is 15.2.